The third kappa shape index (κ3) is 1.70. The molecule has 0 amide bonds. The summed E-state index contributed by atoms with van der Waals surface area (Å²) in [6, 6.07) is 6.36. The number of benzene rings is 1. The Morgan fingerprint density at radius 2 is 2.17 bits per heavy atom. The van der Waals surface area contributed by atoms with E-state index < -0.39 is 0 Å². The smallest absolute Gasteiger partial charge is 0.132 e. The highest BCUT2D eigenvalue weighted by Crippen LogP contribution is 2.39. The zero-order valence-corrected chi connectivity index (χ0v) is 11.1. The van der Waals surface area contributed by atoms with Crippen molar-refractivity contribution in [3.8, 4) is 17.0 Å². The number of nitrogens with zero attached hydrogens (tertiary/aromatic N) is 2. The summed E-state index contributed by atoms with van der Waals surface area (Å²) in [5.74, 6) is 1.48. The highest BCUT2D eigenvalue weighted by Gasteiger charge is 2.21. The van der Waals surface area contributed by atoms with Crippen molar-refractivity contribution in [3.63, 3.8) is 0 Å². The first-order chi connectivity index (χ1) is 8.66. The second kappa shape index (κ2) is 4.16. The van der Waals surface area contributed by atoms with Crippen LogP contribution >= 0.6 is 0 Å². The molecular weight excluding hydrogens is 224 g/mol. The quantitative estimate of drug-likeness (QED) is 0.768. The van der Waals surface area contributed by atoms with Crippen molar-refractivity contribution in [2.24, 2.45) is 7.05 Å². The van der Waals surface area contributed by atoms with E-state index in [1.807, 2.05) is 11.7 Å². The van der Waals surface area contributed by atoms with Crippen LogP contribution in [0.1, 0.15) is 30.9 Å². The number of rotatable bonds is 1. The van der Waals surface area contributed by atoms with Crippen LogP contribution in [0, 0.1) is 0 Å². The fraction of sp³-hybridized carbons (Fsp3) is 0.400. The Hall–Kier alpha value is -1.77. The van der Waals surface area contributed by atoms with Crippen LogP contribution in [0.2, 0.25) is 0 Å². The van der Waals surface area contributed by atoms with Gasteiger partial charge in [0.05, 0.1) is 12.3 Å². The van der Waals surface area contributed by atoms with Crippen LogP contribution in [0.15, 0.2) is 24.4 Å². The summed E-state index contributed by atoms with van der Waals surface area (Å²) in [5, 5.41) is 4.59. The molecule has 3 nitrogen and oxygen atoms in total. The number of ether oxygens (including phenoxy) is 1. The number of aryl methyl sites for hydroxylation is 1. The lowest BCUT2D eigenvalue weighted by Gasteiger charge is -2.15. The summed E-state index contributed by atoms with van der Waals surface area (Å²) in [4.78, 5) is 0. The van der Waals surface area contributed by atoms with E-state index >= 15 is 0 Å². The summed E-state index contributed by atoms with van der Waals surface area (Å²) in [5.41, 5.74) is 4.75. The Balaban J connectivity index is 2.24. The van der Waals surface area contributed by atoms with Crippen LogP contribution in [0.25, 0.3) is 11.3 Å². The van der Waals surface area contributed by atoms with E-state index in [0.717, 1.165) is 30.0 Å². The van der Waals surface area contributed by atoms with Crippen molar-refractivity contribution in [2.75, 3.05) is 6.61 Å². The first kappa shape index (κ1) is 11.3. The topological polar surface area (TPSA) is 27.1 Å². The van der Waals surface area contributed by atoms with E-state index in [0.29, 0.717) is 5.92 Å². The summed E-state index contributed by atoms with van der Waals surface area (Å²) < 4.78 is 7.86. The molecule has 3 heteroatoms. The first-order valence-electron chi connectivity index (χ1n) is 6.45. The highest BCUT2D eigenvalue weighted by molar-refractivity contribution is 5.72. The van der Waals surface area contributed by atoms with Gasteiger partial charge in [0.15, 0.2) is 0 Å². The van der Waals surface area contributed by atoms with Gasteiger partial charge in [0.1, 0.15) is 5.75 Å². The number of fused-ring (bicyclic) bond motifs is 3. The molecule has 0 saturated heterocycles. The number of para-hydroxylation sites is 1. The molecule has 0 aliphatic carbocycles. The molecule has 0 bridgehead atoms. The van der Waals surface area contributed by atoms with E-state index in [4.69, 9.17) is 4.74 Å². The predicted molar refractivity (Wildman–Crippen MR) is 71.9 cm³/mol. The summed E-state index contributed by atoms with van der Waals surface area (Å²) in [6.45, 7) is 5.13. The lowest BCUT2D eigenvalue weighted by atomic mass is 9.97. The van der Waals surface area contributed by atoms with E-state index in [1.165, 1.54) is 11.1 Å². The van der Waals surface area contributed by atoms with Crippen LogP contribution in [-0.2, 0) is 13.5 Å². The molecule has 0 fully saturated rings. The van der Waals surface area contributed by atoms with Gasteiger partial charge in [-0.25, -0.2) is 0 Å². The lowest BCUT2D eigenvalue weighted by molar-refractivity contribution is 0.321. The molecule has 0 spiro atoms. The number of aromatic nitrogens is 2. The van der Waals surface area contributed by atoms with E-state index in [2.05, 4.69) is 43.3 Å². The Morgan fingerprint density at radius 1 is 1.33 bits per heavy atom. The summed E-state index contributed by atoms with van der Waals surface area (Å²) >= 11 is 0. The second-order valence-electron chi connectivity index (χ2n) is 5.15. The molecule has 1 aliphatic heterocycles. The minimum absolute atomic E-state index is 0.463. The monoisotopic (exact) mass is 242 g/mol. The molecule has 0 atom stereocenters. The third-order valence-corrected chi connectivity index (χ3v) is 3.44. The van der Waals surface area contributed by atoms with E-state index in [1.54, 1.807) is 0 Å². The molecule has 0 saturated carbocycles. The maximum absolute atomic E-state index is 5.97. The van der Waals surface area contributed by atoms with Crippen molar-refractivity contribution in [2.45, 2.75) is 26.2 Å². The van der Waals surface area contributed by atoms with Gasteiger partial charge in [0.25, 0.3) is 0 Å². The van der Waals surface area contributed by atoms with Gasteiger partial charge in [-0.15, -0.1) is 0 Å². The van der Waals surface area contributed by atoms with Crippen LogP contribution < -0.4 is 4.74 Å². The summed E-state index contributed by atoms with van der Waals surface area (Å²) in [6.07, 6.45) is 3.02. The molecule has 2 aromatic rings. The van der Waals surface area contributed by atoms with Gasteiger partial charge in [-0.1, -0.05) is 26.0 Å². The molecule has 0 unspecified atom stereocenters. The normalized spacial score (nSPS) is 13.8. The van der Waals surface area contributed by atoms with Crippen LogP contribution in [-0.4, -0.2) is 16.4 Å². The van der Waals surface area contributed by atoms with Crippen LogP contribution in [0.3, 0.4) is 0 Å². The Morgan fingerprint density at radius 3 is 2.94 bits per heavy atom. The zero-order chi connectivity index (χ0) is 12.7. The minimum Gasteiger partial charge on any atom is -0.492 e. The van der Waals surface area contributed by atoms with Crippen LogP contribution in [0.4, 0.5) is 0 Å². The van der Waals surface area contributed by atoms with Gasteiger partial charge < -0.3 is 4.74 Å². The first-order valence-corrected chi connectivity index (χ1v) is 6.45. The fourth-order valence-corrected chi connectivity index (χ4v) is 2.57. The number of hydrogen-bond acceptors (Lipinski definition) is 2. The Labute approximate surface area is 107 Å². The van der Waals surface area contributed by atoms with Gasteiger partial charge in [-0.05, 0) is 17.5 Å². The molecule has 1 aromatic heterocycles. The van der Waals surface area contributed by atoms with Gasteiger partial charge >= 0.3 is 0 Å². The van der Waals surface area contributed by atoms with Crippen molar-refractivity contribution < 1.29 is 4.74 Å². The maximum atomic E-state index is 5.97. The summed E-state index contributed by atoms with van der Waals surface area (Å²) in [7, 11) is 1.97. The highest BCUT2D eigenvalue weighted by atomic mass is 16.5. The van der Waals surface area contributed by atoms with Gasteiger partial charge in [0, 0.05) is 30.8 Å². The second-order valence-corrected chi connectivity index (χ2v) is 5.15. The van der Waals surface area contributed by atoms with Crippen molar-refractivity contribution in [3.05, 3.63) is 35.5 Å². The average Bonchev–Trinajstić information content (AvgIpc) is 2.62. The van der Waals surface area contributed by atoms with E-state index in [9.17, 15) is 0 Å². The van der Waals surface area contributed by atoms with Gasteiger partial charge in [0.2, 0.25) is 0 Å². The molecule has 2 heterocycles. The lowest BCUT2D eigenvalue weighted by Crippen LogP contribution is -2.02. The van der Waals surface area contributed by atoms with Gasteiger partial charge in [-0.2, -0.15) is 5.10 Å². The average molecular weight is 242 g/mol. The van der Waals surface area contributed by atoms with E-state index in [-0.39, 0.29) is 0 Å². The molecule has 3 rings (SSSR count). The standard InChI is InChI=1S/C15H18N2O/c1-10(2)12-5-4-6-13-14-11(9-17(3)16-14)7-8-18-15(12)13/h4-6,9-10H,7-8H2,1-3H3. The molecule has 0 N–H and O–H groups in total. The fourth-order valence-electron chi connectivity index (χ4n) is 2.57. The minimum atomic E-state index is 0.463. The molecule has 1 aliphatic rings. The number of hydrogen-bond donors (Lipinski definition) is 0. The zero-order valence-electron chi connectivity index (χ0n) is 11.1. The predicted octanol–water partition coefficient (Wildman–Crippen LogP) is 3.15. The SMILES string of the molecule is CC(C)c1cccc2c1OCCc1cn(C)nc1-2. The Bertz CT molecular complexity index is 584. The van der Waals surface area contributed by atoms with Crippen LogP contribution in [0.5, 0.6) is 5.75 Å². The largest absolute Gasteiger partial charge is 0.492 e. The van der Waals surface area contributed by atoms with Gasteiger partial charge in [-0.3, -0.25) is 4.68 Å². The molecule has 1 aromatic carbocycles. The maximum Gasteiger partial charge on any atom is 0.132 e. The Kier molecular flexibility index (Phi) is 2.62. The molecular formula is C15H18N2O. The molecule has 0 radical (unpaired) electrons. The van der Waals surface area contributed by atoms with Crippen molar-refractivity contribution >= 4 is 0 Å². The molecule has 18 heavy (non-hydrogen) atoms. The van der Waals surface area contributed by atoms with Crippen molar-refractivity contribution in [1.82, 2.24) is 9.78 Å². The molecule has 94 valence electrons. The van der Waals surface area contributed by atoms with Crippen molar-refractivity contribution in [1.29, 1.82) is 0 Å². The third-order valence-electron chi connectivity index (χ3n) is 3.44.